The highest BCUT2D eigenvalue weighted by molar-refractivity contribution is 5.95. The van der Waals surface area contributed by atoms with Gasteiger partial charge < -0.3 is 18.9 Å². The monoisotopic (exact) mass is 308 g/mol. The van der Waals surface area contributed by atoms with Crippen LogP contribution in [0.2, 0.25) is 0 Å². The van der Waals surface area contributed by atoms with E-state index in [1.807, 2.05) is 6.07 Å². The second-order valence-corrected chi connectivity index (χ2v) is 4.78. The van der Waals surface area contributed by atoms with E-state index in [1.165, 1.54) is 0 Å². The van der Waals surface area contributed by atoms with Gasteiger partial charge in [0.15, 0.2) is 12.2 Å². The summed E-state index contributed by atoms with van der Waals surface area (Å²) in [6, 6.07) is 6.89. The molecule has 1 aliphatic rings. The van der Waals surface area contributed by atoms with Gasteiger partial charge in [-0.05, 0) is 25.5 Å². The summed E-state index contributed by atoms with van der Waals surface area (Å²) in [5, 5.41) is 0. The van der Waals surface area contributed by atoms with E-state index in [0.717, 1.165) is 5.56 Å². The number of esters is 2. The van der Waals surface area contributed by atoms with Crippen LogP contribution in [0, 0.1) is 5.92 Å². The Hall–Kier alpha value is -1.92. The van der Waals surface area contributed by atoms with Gasteiger partial charge in [-0.1, -0.05) is 19.1 Å². The largest absolute Gasteiger partial charge is 0.465 e. The predicted molar refractivity (Wildman–Crippen MR) is 77.1 cm³/mol. The molecule has 0 aliphatic carbocycles. The van der Waals surface area contributed by atoms with Crippen LogP contribution in [0.5, 0.6) is 5.75 Å². The topological polar surface area (TPSA) is 71.1 Å². The van der Waals surface area contributed by atoms with Crippen molar-refractivity contribution in [3.05, 3.63) is 29.8 Å². The van der Waals surface area contributed by atoms with E-state index in [9.17, 15) is 9.59 Å². The highest BCUT2D eigenvalue weighted by Gasteiger charge is 2.28. The number of carbonyl (C=O) groups excluding carboxylic acids is 2. The molecular weight excluding hydrogens is 288 g/mol. The van der Waals surface area contributed by atoms with Crippen LogP contribution < -0.4 is 4.74 Å². The van der Waals surface area contributed by atoms with Crippen molar-refractivity contribution in [3.63, 3.8) is 0 Å². The van der Waals surface area contributed by atoms with Crippen LogP contribution in [0.3, 0.4) is 0 Å². The molecule has 22 heavy (non-hydrogen) atoms. The van der Waals surface area contributed by atoms with E-state index in [0.29, 0.717) is 25.4 Å². The number of hydrogen-bond acceptors (Lipinski definition) is 6. The van der Waals surface area contributed by atoms with Crippen molar-refractivity contribution in [3.8, 4) is 5.75 Å². The Morgan fingerprint density at radius 2 is 1.95 bits per heavy atom. The smallest absolute Gasteiger partial charge is 0.325 e. The first-order chi connectivity index (χ1) is 10.7. The molecule has 1 atom stereocenters. The molecule has 1 fully saturated rings. The van der Waals surface area contributed by atoms with Gasteiger partial charge in [0.2, 0.25) is 0 Å². The van der Waals surface area contributed by atoms with Gasteiger partial charge in [0.1, 0.15) is 5.75 Å². The molecule has 1 unspecified atom stereocenters. The summed E-state index contributed by atoms with van der Waals surface area (Å²) in [6.45, 7) is 4.74. The molecule has 1 heterocycles. The van der Waals surface area contributed by atoms with E-state index in [-0.39, 0.29) is 6.61 Å². The molecule has 6 heteroatoms. The van der Waals surface area contributed by atoms with Gasteiger partial charge in [0.25, 0.3) is 0 Å². The van der Waals surface area contributed by atoms with Gasteiger partial charge in [-0.15, -0.1) is 0 Å². The molecule has 120 valence electrons. The van der Waals surface area contributed by atoms with Crippen molar-refractivity contribution in [2.24, 2.45) is 5.92 Å². The Balaban J connectivity index is 2.04. The van der Waals surface area contributed by atoms with E-state index in [4.69, 9.17) is 18.9 Å². The maximum Gasteiger partial charge on any atom is 0.325 e. The van der Waals surface area contributed by atoms with Crippen molar-refractivity contribution >= 4 is 11.9 Å². The zero-order valence-electron chi connectivity index (χ0n) is 12.7. The first-order valence-electron chi connectivity index (χ1n) is 7.37. The van der Waals surface area contributed by atoms with E-state index < -0.39 is 24.1 Å². The molecule has 6 nitrogen and oxygen atoms in total. The number of benzene rings is 1. The van der Waals surface area contributed by atoms with Crippen molar-refractivity contribution in [1.29, 1.82) is 0 Å². The molecule has 0 N–H and O–H groups in total. The SMILES string of the molecule is CCOC(=O)C(CC)C(=O)Oc1cccc(C2OCCO2)c1. The molecule has 1 aromatic carbocycles. The Morgan fingerprint density at radius 3 is 2.59 bits per heavy atom. The third kappa shape index (κ3) is 4.05. The molecule has 0 spiro atoms. The summed E-state index contributed by atoms with van der Waals surface area (Å²) in [4.78, 5) is 23.8. The van der Waals surface area contributed by atoms with E-state index in [1.54, 1.807) is 32.0 Å². The second-order valence-electron chi connectivity index (χ2n) is 4.78. The Kier molecular flexibility index (Phi) is 5.91. The standard InChI is InChI=1S/C16H20O6/c1-3-13(14(17)19-4-2)15(18)22-12-7-5-6-11(10-12)16-20-8-9-21-16/h5-7,10,13,16H,3-4,8-9H2,1-2H3. The summed E-state index contributed by atoms with van der Waals surface area (Å²) < 4.78 is 21.0. The van der Waals surface area contributed by atoms with E-state index in [2.05, 4.69) is 0 Å². The Morgan fingerprint density at radius 1 is 1.23 bits per heavy atom. The molecule has 0 bridgehead atoms. The van der Waals surface area contributed by atoms with Gasteiger partial charge in [0.05, 0.1) is 19.8 Å². The van der Waals surface area contributed by atoms with Crippen LogP contribution in [-0.4, -0.2) is 31.8 Å². The fraction of sp³-hybridized carbons (Fsp3) is 0.500. The van der Waals surface area contributed by atoms with Crippen LogP contribution >= 0.6 is 0 Å². The van der Waals surface area contributed by atoms with Crippen LogP contribution in [0.1, 0.15) is 32.1 Å². The third-order valence-electron chi connectivity index (χ3n) is 3.23. The lowest BCUT2D eigenvalue weighted by atomic mass is 10.1. The first-order valence-corrected chi connectivity index (χ1v) is 7.37. The zero-order valence-corrected chi connectivity index (χ0v) is 12.7. The molecule has 0 saturated carbocycles. The van der Waals surface area contributed by atoms with E-state index >= 15 is 0 Å². The molecule has 2 rings (SSSR count). The second kappa shape index (κ2) is 7.91. The van der Waals surface area contributed by atoms with Gasteiger partial charge in [0, 0.05) is 5.56 Å². The number of carbonyl (C=O) groups is 2. The maximum atomic E-state index is 12.1. The van der Waals surface area contributed by atoms with Crippen molar-refractivity contribution < 1.29 is 28.5 Å². The average Bonchev–Trinajstić information content (AvgIpc) is 3.03. The molecule has 1 aromatic rings. The first kappa shape index (κ1) is 16.5. The molecule has 1 saturated heterocycles. The van der Waals surface area contributed by atoms with Crippen LogP contribution in [0.25, 0.3) is 0 Å². The fourth-order valence-electron chi connectivity index (χ4n) is 2.14. The number of hydrogen-bond donors (Lipinski definition) is 0. The summed E-state index contributed by atoms with van der Waals surface area (Å²) >= 11 is 0. The quantitative estimate of drug-likeness (QED) is 0.456. The van der Waals surface area contributed by atoms with Gasteiger partial charge >= 0.3 is 11.9 Å². The predicted octanol–water partition coefficient (Wildman–Crippen LogP) is 2.23. The molecule has 0 aromatic heterocycles. The maximum absolute atomic E-state index is 12.1. The normalized spacial score (nSPS) is 16.3. The van der Waals surface area contributed by atoms with Crippen LogP contribution in [0.15, 0.2) is 24.3 Å². The van der Waals surface area contributed by atoms with Crippen molar-refractivity contribution in [1.82, 2.24) is 0 Å². The number of ether oxygens (including phenoxy) is 4. The molecule has 0 radical (unpaired) electrons. The fourth-order valence-corrected chi connectivity index (χ4v) is 2.14. The van der Waals surface area contributed by atoms with Crippen LogP contribution in [0.4, 0.5) is 0 Å². The molecule has 0 amide bonds. The minimum absolute atomic E-state index is 0.231. The summed E-state index contributed by atoms with van der Waals surface area (Å²) in [5.74, 6) is -1.74. The highest BCUT2D eigenvalue weighted by atomic mass is 16.7. The summed E-state index contributed by atoms with van der Waals surface area (Å²) in [7, 11) is 0. The van der Waals surface area contributed by atoms with Crippen LogP contribution in [-0.2, 0) is 23.8 Å². The molecular formula is C16H20O6. The number of rotatable bonds is 6. The molecule has 1 aliphatic heterocycles. The zero-order chi connectivity index (χ0) is 15.9. The van der Waals surface area contributed by atoms with Gasteiger partial charge in [-0.2, -0.15) is 0 Å². The lowest BCUT2D eigenvalue weighted by Gasteiger charge is -2.14. The lowest BCUT2D eigenvalue weighted by molar-refractivity contribution is -0.157. The minimum atomic E-state index is -0.914. The Bertz CT molecular complexity index is 521. The van der Waals surface area contributed by atoms with Crippen molar-refractivity contribution in [2.45, 2.75) is 26.6 Å². The summed E-state index contributed by atoms with van der Waals surface area (Å²) in [6.07, 6.45) is -0.114. The summed E-state index contributed by atoms with van der Waals surface area (Å²) in [5.41, 5.74) is 0.770. The minimum Gasteiger partial charge on any atom is -0.465 e. The lowest BCUT2D eigenvalue weighted by Crippen LogP contribution is -2.29. The highest BCUT2D eigenvalue weighted by Crippen LogP contribution is 2.26. The van der Waals surface area contributed by atoms with Gasteiger partial charge in [-0.25, -0.2) is 0 Å². The third-order valence-corrected chi connectivity index (χ3v) is 3.23. The van der Waals surface area contributed by atoms with Crippen molar-refractivity contribution in [2.75, 3.05) is 19.8 Å². The average molecular weight is 308 g/mol. The Labute approximate surface area is 129 Å². The van der Waals surface area contributed by atoms with Gasteiger partial charge in [-0.3, -0.25) is 9.59 Å².